The van der Waals surface area contributed by atoms with Gasteiger partial charge in [-0.15, -0.1) is 0 Å². The molecule has 0 saturated heterocycles. The van der Waals surface area contributed by atoms with E-state index in [4.69, 9.17) is 22.1 Å². The van der Waals surface area contributed by atoms with E-state index in [1.54, 1.807) is 6.07 Å². The summed E-state index contributed by atoms with van der Waals surface area (Å²) in [6, 6.07) is 13.6. The maximum Gasteiger partial charge on any atom is 0.147 e. The van der Waals surface area contributed by atoms with Crippen LogP contribution in [-0.4, -0.2) is 6.04 Å². The van der Waals surface area contributed by atoms with E-state index >= 15 is 0 Å². The summed E-state index contributed by atoms with van der Waals surface area (Å²) in [6.45, 7) is 1.99. The van der Waals surface area contributed by atoms with E-state index in [0.717, 1.165) is 16.6 Å². The molecular formula is C15H15BrClNO. The monoisotopic (exact) mass is 339 g/mol. The molecule has 0 amide bonds. The van der Waals surface area contributed by atoms with Crippen LogP contribution >= 0.6 is 27.5 Å². The van der Waals surface area contributed by atoms with Crippen LogP contribution in [0.5, 0.6) is 11.5 Å². The average Bonchev–Trinajstić information content (AvgIpc) is 2.35. The summed E-state index contributed by atoms with van der Waals surface area (Å²) >= 11 is 9.48. The summed E-state index contributed by atoms with van der Waals surface area (Å²) in [5, 5.41) is 0.586. The van der Waals surface area contributed by atoms with Gasteiger partial charge in [0.1, 0.15) is 11.5 Å². The van der Waals surface area contributed by atoms with Crippen molar-refractivity contribution in [1.29, 1.82) is 0 Å². The van der Waals surface area contributed by atoms with Crippen LogP contribution in [0.1, 0.15) is 12.5 Å². The van der Waals surface area contributed by atoms with Crippen molar-refractivity contribution in [3.8, 4) is 11.5 Å². The van der Waals surface area contributed by atoms with E-state index in [1.807, 2.05) is 43.3 Å². The van der Waals surface area contributed by atoms with E-state index < -0.39 is 0 Å². The zero-order valence-electron chi connectivity index (χ0n) is 10.6. The SMILES string of the molecule is CC(N)Cc1ccc(Oc2cc(Br)ccc2Cl)cc1. The van der Waals surface area contributed by atoms with E-state index in [1.165, 1.54) is 5.56 Å². The van der Waals surface area contributed by atoms with Gasteiger partial charge in [0.25, 0.3) is 0 Å². The lowest BCUT2D eigenvalue weighted by Crippen LogP contribution is -2.17. The van der Waals surface area contributed by atoms with Crippen LogP contribution in [0.15, 0.2) is 46.9 Å². The Kier molecular flexibility index (Phi) is 4.86. The number of hydrogen-bond acceptors (Lipinski definition) is 2. The highest BCUT2D eigenvalue weighted by Gasteiger charge is 2.04. The Bertz CT molecular complexity index is 555. The van der Waals surface area contributed by atoms with Crippen LogP contribution in [-0.2, 0) is 6.42 Å². The van der Waals surface area contributed by atoms with E-state index in [0.29, 0.717) is 10.8 Å². The fourth-order valence-corrected chi connectivity index (χ4v) is 2.24. The Morgan fingerprint density at radius 2 is 1.89 bits per heavy atom. The molecule has 1 unspecified atom stereocenters. The van der Waals surface area contributed by atoms with Gasteiger partial charge in [-0.1, -0.05) is 39.7 Å². The molecule has 0 radical (unpaired) electrons. The van der Waals surface area contributed by atoms with Gasteiger partial charge < -0.3 is 10.5 Å². The Hall–Kier alpha value is -1.03. The van der Waals surface area contributed by atoms with Crippen molar-refractivity contribution in [1.82, 2.24) is 0 Å². The molecule has 4 heteroatoms. The second-order valence-electron chi connectivity index (χ2n) is 4.50. The summed E-state index contributed by atoms with van der Waals surface area (Å²) < 4.78 is 6.69. The van der Waals surface area contributed by atoms with Crippen LogP contribution in [0.3, 0.4) is 0 Å². The number of hydrogen-bond donors (Lipinski definition) is 1. The molecule has 2 aromatic rings. The van der Waals surface area contributed by atoms with Gasteiger partial charge in [0.2, 0.25) is 0 Å². The van der Waals surface area contributed by atoms with E-state index in [-0.39, 0.29) is 6.04 Å². The molecule has 0 aliphatic heterocycles. The first-order valence-electron chi connectivity index (χ1n) is 6.02. The zero-order valence-corrected chi connectivity index (χ0v) is 12.9. The molecule has 0 fully saturated rings. The number of benzene rings is 2. The summed E-state index contributed by atoms with van der Waals surface area (Å²) in [5.41, 5.74) is 6.97. The van der Waals surface area contributed by atoms with Gasteiger partial charge in [-0.05, 0) is 49.2 Å². The van der Waals surface area contributed by atoms with Crippen molar-refractivity contribution in [3.05, 3.63) is 57.5 Å². The molecular weight excluding hydrogens is 326 g/mol. The minimum Gasteiger partial charge on any atom is -0.456 e. The van der Waals surface area contributed by atoms with Crippen LogP contribution in [0, 0.1) is 0 Å². The third kappa shape index (κ3) is 4.23. The predicted molar refractivity (Wildman–Crippen MR) is 83.0 cm³/mol. The number of nitrogens with two attached hydrogens (primary N) is 1. The Labute approximate surface area is 126 Å². The fourth-order valence-electron chi connectivity index (χ4n) is 1.75. The lowest BCUT2D eigenvalue weighted by Gasteiger charge is -2.09. The Balaban J connectivity index is 2.13. The van der Waals surface area contributed by atoms with Gasteiger partial charge in [-0.25, -0.2) is 0 Å². The molecule has 100 valence electrons. The highest BCUT2D eigenvalue weighted by Crippen LogP contribution is 2.32. The third-order valence-corrected chi connectivity index (χ3v) is 3.41. The first-order valence-corrected chi connectivity index (χ1v) is 7.19. The van der Waals surface area contributed by atoms with Crippen molar-refractivity contribution in [2.45, 2.75) is 19.4 Å². The molecule has 0 aromatic heterocycles. The van der Waals surface area contributed by atoms with Crippen molar-refractivity contribution < 1.29 is 4.74 Å². The van der Waals surface area contributed by atoms with Gasteiger partial charge in [0, 0.05) is 10.5 Å². The molecule has 0 heterocycles. The highest BCUT2D eigenvalue weighted by molar-refractivity contribution is 9.10. The van der Waals surface area contributed by atoms with Gasteiger partial charge in [-0.3, -0.25) is 0 Å². The van der Waals surface area contributed by atoms with Gasteiger partial charge in [0.05, 0.1) is 5.02 Å². The minimum absolute atomic E-state index is 0.159. The molecule has 0 saturated carbocycles. The summed E-state index contributed by atoms with van der Waals surface area (Å²) in [5.74, 6) is 1.39. The van der Waals surface area contributed by atoms with E-state index in [2.05, 4.69) is 15.9 Å². The highest BCUT2D eigenvalue weighted by atomic mass is 79.9. The topological polar surface area (TPSA) is 35.2 Å². The van der Waals surface area contributed by atoms with Crippen LogP contribution in [0.4, 0.5) is 0 Å². The first kappa shape index (κ1) is 14.4. The molecule has 0 bridgehead atoms. The first-order chi connectivity index (χ1) is 9.04. The maximum absolute atomic E-state index is 6.08. The molecule has 2 aromatic carbocycles. The van der Waals surface area contributed by atoms with Gasteiger partial charge in [0.15, 0.2) is 0 Å². The van der Waals surface area contributed by atoms with Crippen LogP contribution in [0.2, 0.25) is 5.02 Å². The number of ether oxygens (including phenoxy) is 1. The minimum atomic E-state index is 0.159. The Morgan fingerprint density at radius 3 is 2.53 bits per heavy atom. The quantitative estimate of drug-likeness (QED) is 0.869. The van der Waals surface area contributed by atoms with Crippen LogP contribution in [0.25, 0.3) is 0 Å². The smallest absolute Gasteiger partial charge is 0.147 e. The molecule has 0 aliphatic rings. The summed E-state index contributed by atoms with van der Waals surface area (Å²) in [6.07, 6.45) is 0.859. The molecule has 2 N–H and O–H groups in total. The Morgan fingerprint density at radius 1 is 1.21 bits per heavy atom. The molecule has 19 heavy (non-hydrogen) atoms. The number of rotatable bonds is 4. The van der Waals surface area contributed by atoms with E-state index in [9.17, 15) is 0 Å². The van der Waals surface area contributed by atoms with Crippen molar-refractivity contribution in [2.24, 2.45) is 5.73 Å². The average molecular weight is 341 g/mol. The fraction of sp³-hybridized carbons (Fsp3) is 0.200. The summed E-state index contributed by atoms with van der Waals surface area (Å²) in [7, 11) is 0. The van der Waals surface area contributed by atoms with Crippen LogP contribution < -0.4 is 10.5 Å². The van der Waals surface area contributed by atoms with Gasteiger partial charge in [-0.2, -0.15) is 0 Å². The van der Waals surface area contributed by atoms with Crippen molar-refractivity contribution >= 4 is 27.5 Å². The largest absolute Gasteiger partial charge is 0.456 e. The second kappa shape index (κ2) is 6.42. The maximum atomic E-state index is 6.08. The molecule has 2 rings (SSSR count). The second-order valence-corrected chi connectivity index (χ2v) is 5.83. The van der Waals surface area contributed by atoms with Crippen molar-refractivity contribution in [2.75, 3.05) is 0 Å². The lowest BCUT2D eigenvalue weighted by atomic mass is 10.1. The molecule has 0 aliphatic carbocycles. The standard InChI is InChI=1S/C15H15BrClNO/c1-10(18)8-11-2-5-13(6-3-11)19-15-9-12(16)4-7-14(15)17/h2-7,9-10H,8,18H2,1H3. The third-order valence-electron chi connectivity index (χ3n) is 2.60. The lowest BCUT2D eigenvalue weighted by molar-refractivity contribution is 0.482. The van der Waals surface area contributed by atoms with Gasteiger partial charge >= 0.3 is 0 Å². The summed E-state index contributed by atoms with van der Waals surface area (Å²) in [4.78, 5) is 0. The molecule has 2 nitrogen and oxygen atoms in total. The zero-order chi connectivity index (χ0) is 13.8. The van der Waals surface area contributed by atoms with Crippen molar-refractivity contribution in [3.63, 3.8) is 0 Å². The molecule has 0 spiro atoms. The normalized spacial score (nSPS) is 12.2. The molecule has 1 atom stereocenters. The predicted octanol–water partition coefficient (Wildman–Crippen LogP) is 4.78. The number of halogens is 2.